The third-order valence-corrected chi connectivity index (χ3v) is 3.13. The van der Waals surface area contributed by atoms with Gasteiger partial charge in [-0.05, 0) is 31.1 Å². The molecule has 2 rings (SSSR count). The highest BCUT2D eigenvalue weighted by molar-refractivity contribution is 5.91. The molecule has 0 aromatic heterocycles. The summed E-state index contributed by atoms with van der Waals surface area (Å²) in [5, 5.41) is 2.96. The van der Waals surface area contributed by atoms with Gasteiger partial charge >= 0.3 is 0 Å². The van der Waals surface area contributed by atoms with Gasteiger partial charge in [-0.15, -0.1) is 0 Å². The van der Waals surface area contributed by atoms with Crippen molar-refractivity contribution in [2.45, 2.75) is 19.9 Å². The third-order valence-electron chi connectivity index (χ3n) is 3.13. The first-order chi connectivity index (χ1) is 9.65. The normalized spacial score (nSPS) is 12.3. The van der Waals surface area contributed by atoms with E-state index >= 15 is 0 Å². The van der Waals surface area contributed by atoms with Crippen LogP contribution < -0.4 is 5.32 Å². The van der Waals surface area contributed by atoms with Gasteiger partial charge < -0.3 is 5.32 Å². The Labute approximate surface area is 120 Å². The van der Waals surface area contributed by atoms with Crippen molar-refractivity contribution in [3.05, 3.63) is 77.4 Å². The van der Waals surface area contributed by atoms with Crippen molar-refractivity contribution in [3.63, 3.8) is 0 Å². The number of hydrogen-bond donors (Lipinski definition) is 1. The first-order valence-electron chi connectivity index (χ1n) is 6.75. The minimum absolute atomic E-state index is 0.00543. The van der Waals surface area contributed by atoms with Crippen molar-refractivity contribution >= 4 is 12.0 Å². The first kappa shape index (κ1) is 14.1. The van der Waals surface area contributed by atoms with Gasteiger partial charge in [0.15, 0.2) is 0 Å². The maximum Gasteiger partial charge on any atom is 0.244 e. The molecule has 20 heavy (non-hydrogen) atoms. The second-order valence-electron chi connectivity index (χ2n) is 4.89. The van der Waals surface area contributed by atoms with Crippen molar-refractivity contribution in [2.24, 2.45) is 0 Å². The summed E-state index contributed by atoms with van der Waals surface area (Å²) in [4.78, 5) is 11.9. The zero-order valence-electron chi connectivity index (χ0n) is 11.8. The minimum atomic E-state index is -0.0807. The van der Waals surface area contributed by atoms with Gasteiger partial charge in [0.05, 0.1) is 6.04 Å². The highest BCUT2D eigenvalue weighted by atomic mass is 16.1. The molecular weight excluding hydrogens is 246 g/mol. The standard InChI is InChI=1S/C18H19NO/c1-14-7-6-8-16(13-14)11-12-18(20)19-15(2)17-9-4-3-5-10-17/h3-13,15H,1-2H3,(H,19,20)/b12-11+/t15-/m1/s1. The van der Waals surface area contributed by atoms with Gasteiger partial charge in [0.2, 0.25) is 5.91 Å². The smallest absolute Gasteiger partial charge is 0.244 e. The van der Waals surface area contributed by atoms with E-state index < -0.39 is 0 Å². The topological polar surface area (TPSA) is 29.1 Å². The Kier molecular flexibility index (Phi) is 4.72. The molecule has 0 aliphatic carbocycles. The number of rotatable bonds is 4. The highest BCUT2D eigenvalue weighted by Gasteiger charge is 2.06. The summed E-state index contributed by atoms with van der Waals surface area (Å²) in [5.74, 6) is -0.0807. The molecule has 1 atom stereocenters. The molecule has 2 nitrogen and oxygen atoms in total. The lowest BCUT2D eigenvalue weighted by molar-refractivity contribution is -0.117. The van der Waals surface area contributed by atoms with E-state index in [9.17, 15) is 4.79 Å². The number of carbonyl (C=O) groups excluding carboxylic acids is 1. The predicted octanol–water partition coefficient (Wildman–Crippen LogP) is 3.89. The van der Waals surface area contributed by atoms with Crippen LogP contribution in [0.2, 0.25) is 0 Å². The largest absolute Gasteiger partial charge is 0.346 e. The number of aryl methyl sites for hydroxylation is 1. The van der Waals surface area contributed by atoms with E-state index in [2.05, 4.69) is 5.32 Å². The third kappa shape index (κ3) is 4.09. The maximum atomic E-state index is 11.9. The molecule has 1 amide bonds. The summed E-state index contributed by atoms with van der Waals surface area (Å²) in [6.45, 7) is 4.02. The minimum Gasteiger partial charge on any atom is -0.346 e. The number of carbonyl (C=O) groups is 1. The molecule has 0 saturated heterocycles. The van der Waals surface area contributed by atoms with Crippen LogP contribution >= 0.6 is 0 Å². The molecule has 0 aliphatic heterocycles. The SMILES string of the molecule is Cc1cccc(/C=C/C(=O)N[C@H](C)c2ccccc2)c1. The van der Waals surface area contributed by atoms with E-state index in [1.165, 1.54) is 5.56 Å². The molecule has 2 aromatic carbocycles. The molecule has 0 heterocycles. The average molecular weight is 265 g/mol. The zero-order valence-corrected chi connectivity index (χ0v) is 11.8. The molecule has 2 heteroatoms. The van der Waals surface area contributed by atoms with Crippen LogP contribution in [-0.2, 0) is 4.79 Å². The van der Waals surface area contributed by atoms with Crippen LogP contribution in [0.5, 0.6) is 0 Å². The Morgan fingerprint density at radius 3 is 2.55 bits per heavy atom. The molecular formula is C18H19NO. The van der Waals surface area contributed by atoms with Gasteiger partial charge in [0, 0.05) is 6.08 Å². The first-order valence-corrected chi connectivity index (χ1v) is 6.75. The lowest BCUT2D eigenvalue weighted by Gasteiger charge is -2.12. The Hall–Kier alpha value is -2.35. The fourth-order valence-corrected chi connectivity index (χ4v) is 2.03. The van der Waals surface area contributed by atoms with Crippen molar-refractivity contribution in [1.82, 2.24) is 5.32 Å². The Bertz CT molecular complexity index is 602. The molecule has 0 saturated carbocycles. The second kappa shape index (κ2) is 6.71. The summed E-state index contributed by atoms with van der Waals surface area (Å²) in [7, 11) is 0. The molecule has 0 radical (unpaired) electrons. The monoisotopic (exact) mass is 265 g/mol. The van der Waals surface area contributed by atoms with Crippen LogP contribution in [0.15, 0.2) is 60.7 Å². The van der Waals surface area contributed by atoms with Crippen molar-refractivity contribution in [1.29, 1.82) is 0 Å². The molecule has 0 unspecified atom stereocenters. The van der Waals surface area contributed by atoms with E-state index in [4.69, 9.17) is 0 Å². The van der Waals surface area contributed by atoms with Crippen LogP contribution in [0.3, 0.4) is 0 Å². The Morgan fingerprint density at radius 1 is 1.10 bits per heavy atom. The molecule has 0 spiro atoms. The second-order valence-corrected chi connectivity index (χ2v) is 4.89. The highest BCUT2D eigenvalue weighted by Crippen LogP contribution is 2.11. The Balaban J connectivity index is 1.96. The number of benzene rings is 2. The molecule has 0 bridgehead atoms. The molecule has 0 fully saturated rings. The van der Waals surface area contributed by atoms with E-state index in [0.717, 1.165) is 11.1 Å². The van der Waals surface area contributed by atoms with Crippen LogP contribution in [0.4, 0.5) is 0 Å². The average Bonchev–Trinajstić information content (AvgIpc) is 2.46. The summed E-state index contributed by atoms with van der Waals surface area (Å²) < 4.78 is 0. The maximum absolute atomic E-state index is 11.9. The van der Waals surface area contributed by atoms with Gasteiger partial charge in [-0.25, -0.2) is 0 Å². The van der Waals surface area contributed by atoms with Crippen molar-refractivity contribution < 1.29 is 4.79 Å². The van der Waals surface area contributed by atoms with Gasteiger partial charge in [0.25, 0.3) is 0 Å². The lowest BCUT2D eigenvalue weighted by Crippen LogP contribution is -2.24. The van der Waals surface area contributed by atoms with E-state index in [1.54, 1.807) is 6.08 Å². The van der Waals surface area contributed by atoms with Crippen LogP contribution in [0, 0.1) is 6.92 Å². The Morgan fingerprint density at radius 2 is 1.85 bits per heavy atom. The van der Waals surface area contributed by atoms with Crippen molar-refractivity contribution in [3.8, 4) is 0 Å². The van der Waals surface area contributed by atoms with Gasteiger partial charge in [0.1, 0.15) is 0 Å². The number of hydrogen-bond acceptors (Lipinski definition) is 1. The van der Waals surface area contributed by atoms with E-state index in [1.807, 2.05) is 74.5 Å². The van der Waals surface area contributed by atoms with E-state index in [-0.39, 0.29) is 11.9 Å². The summed E-state index contributed by atoms with van der Waals surface area (Å²) in [6.07, 6.45) is 3.41. The summed E-state index contributed by atoms with van der Waals surface area (Å²) in [6, 6.07) is 18.0. The molecule has 2 aromatic rings. The van der Waals surface area contributed by atoms with Crippen LogP contribution in [0.1, 0.15) is 29.7 Å². The van der Waals surface area contributed by atoms with Crippen LogP contribution in [0.25, 0.3) is 6.08 Å². The van der Waals surface area contributed by atoms with Gasteiger partial charge in [-0.1, -0.05) is 60.2 Å². The number of nitrogens with one attached hydrogen (secondary N) is 1. The van der Waals surface area contributed by atoms with Crippen LogP contribution in [-0.4, -0.2) is 5.91 Å². The summed E-state index contributed by atoms with van der Waals surface area (Å²) in [5.41, 5.74) is 3.32. The van der Waals surface area contributed by atoms with Gasteiger partial charge in [-0.2, -0.15) is 0 Å². The lowest BCUT2D eigenvalue weighted by atomic mass is 10.1. The number of amides is 1. The predicted molar refractivity (Wildman–Crippen MR) is 83.2 cm³/mol. The molecule has 1 N–H and O–H groups in total. The quantitative estimate of drug-likeness (QED) is 0.835. The summed E-state index contributed by atoms with van der Waals surface area (Å²) >= 11 is 0. The van der Waals surface area contributed by atoms with Gasteiger partial charge in [-0.3, -0.25) is 4.79 Å². The van der Waals surface area contributed by atoms with Crippen molar-refractivity contribution in [2.75, 3.05) is 0 Å². The fourth-order valence-electron chi connectivity index (χ4n) is 2.03. The molecule has 102 valence electrons. The van der Waals surface area contributed by atoms with E-state index in [0.29, 0.717) is 0 Å². The molecule has 0 aliphatic rings. The fraction of sp³-hybridized carbons (Fsp3) is 0.167. The zero-order chi connectivity index (χ0) is 14.4.